The number of nitriles is 1. The van der Waals surface area contributed by atoms with E-state index in [0.29, 0.717) is 17.7 Å². The number of fused-ring (bicyclic) bond motifs is 1. The molecule has 2 aromatic rings. The van der Waals surface area contributed by atoms with Crippen molar-refractivity contribution in [3.05, 3.63) is 65.2 Å². The first kappa shape index (κ1) is 13.7. The Morgan fingerprint density at radius 3 is 2.67 bits per heavy atom. The lowest BCUT2D eigenvalue weighted by molar-refractivity contribution is 0.108. The Kier molecular flexibility index (Phi) is 3.40. The number of ether oxygens (including phenoxy) is 1. The van der Waals surface area contributed by atoms with E-state index in [9.17, 15) is 10.4 Å². The smallest absolute Gasteiger partial charge is 0.124 e. The van der Waals surface area contributed by atoms with E-state index < -0.39 is 11.5 Å². The highest BCUT2D eigenvalue weighted by atomic mass is 16.5. The fourth-order valence-corrected chi connectivity index (χ4v) is 3.26. The maximum absolute atomic E-state index is 10.9. The Morgan fingerprint density at radius 2 is 1.90 bits per heavy atom. The zero-order valence-corrected chi connectivity index (χ0v) is 11.9. The quantitative estimate of drug-likeness (QED) is 0.939. The lowest BCUT2D eigenvalue weighted by Gasteiger charge is -2.29. The molecule has 0 spiro atoms. The number of aliphatic hydroxyl groups is 1. The molecule has 106 valence electrons. The average molecular weight is 279 g/mol. The van der Waals surface area contributed by atoms with Gasteiger partial charge < -0.3 is 9.84 Å². The molecule has 0 aromatic heterocycles. The first-order chi connectivity index (χ1) is 10.2. The van der Waals surface area contributed by atoms with Gasteiger partial charge in [0.15, 0.2) is 0 Å². The largest absolute Gasteiger partial charge is 0.496 e. The summed E-state index contributed by atoms with van der Waals surface area (Å²) >= 11 is 0. The maximum Gasteiger partial charge on any atom is 0.124 e. The summed E-state index contributed by atoms with van der Waals surface area (Å²) in [6, 6.07) is 17.6. The van der Waals surface area contributed by atoms with Crippen LogP contribution in [0.15, 0.2) is 48.5 Å². The molecule has 0 aliphatic heterocycles. The van der Waals surface area contributed by atoms with Crippen molar-refractivity contribution in [2.45, 2.75) is 24.4 Å². The van der Waals surface area contributed by atoms with Crippen LogP contribution in [0, 0.1) is 11.3 Å². The van der Waals surface area contributed by atoms with Gasteiger partial charge in [-0.05, 0) is 30.0 Å². The number of nitrogens with zero attached hydrogens (tertiary/aromatic N) is 1. The summed E-state index contributed by atoms with van der Waals surface area (Å²) < 4.78 is 5.33. The summed E-state index contributed by atoms with van der Waals surface area (Å²) in [6.07, 6.45) is 0.542. The molecule has 21 heavy (non-hydrogen) atoms. The van der Waals surface area contributed by atoms with E-state index in [1.807, 2.05) is 48.5 Å². The van der Waals surface area contributed by atoms with E-state index in [0.717, 1.165) is 17.5 Å². The fraction of sp³-hybridized carbons (Fsp3) is 0.278. The molecule has 0 bridgehead atoms. The summed E-state index contributed by atoms with van der Waals surface area (Å²) in [4.78, 5) is 0. The van der Waals surface area contributed by atoms with Crippen LogP contribution in [-0.4, -0.2) is 12.2 Å². The van der Waals surface area contributed by atoms with Crippen LogP contribution in [0.5, 0.6) is 5.75 Å². The highest BCUT2D eigenvalue weighted by Gasteiger charge is 2.46. The van der Waals surface area contributed by atoms with Crippen LogP contribution in [0.3, 0.4) is 0 Å². The van der Waals surface area contributed by atoms with Crippen LogP contribution >= 0.6 is 0 Å². The molecule has 1 aliphatic carbocycles. The molecule has 0 heterocycles. The van der Waals surface area contributed by atoms with E-state index in [1.165, 1.54) is 0 Å². The Balaban J connectivity index is 2.12. The van der Waals surface area contributed by atoms with Gasteiger partial charge in [0.2, 0.25) is 0 Å². The molecule has 2 aromatic carbocycles. The van der Waals surface area contributed by atoms with Crippen molar-refractivity contribution in [1.29, 1.82) is 5.26 Å². The van der Waals surface area contributed by atoms with E-state index >= 15 is 0 Å². The lowest BCUT2D eigenvalue weighted by Crippen LogP contribution is -2.30. The monoisotopic (exact) mass is 279 g/mol. The SMILES string of the molecule is COc1ccccc1C(O)C1(C#N)CCc2ccccc21. The minimum absolute atomic E-state index is 0.615. The Morgan fingerprint density at radius 1 is 1.19 bits per heavy atom. The van der Waals surface area contributed by atoms with Crippen LogP contribution < -0.4 is 4.74 Å². The second-order valence-electron chi connectivity index (χ2n) is 5.38. The predicted molar refractivity (Wildman–Crippen MR) is 80.0 cm³/mol. The van der Waals surface area contributed by atoms with Gasteiger partial charge in [0.25, 0.3) is 0 Å². The van der Waals surface area contributed by atoms with Crippen LogP contribution in [0.25, 0.3) is 0 Å². The van der Waals surface area contributed by atoms with Gasteiger partial charge in [-0.3, -0.25) is 0 Å². The standard InChI is InChI=1S/C18H17NO2/c1-21-16-9-5-3-7-14(16)17(20)18(12-19)11-10-13-6-2-4-8-15(13)18/h2-9,17,20H,10-11H2,1H3. The average Bonchev–Trinajstić information content (AvgIpc) is 2.94. The van der Waals surface area contributed by atoms with Crippen molar-refractivity contribution < 1.29 is 9.84 Å². The molecule has 3 nitrogen and oxygen atoms in total. The molecule has 0 saturated carbocycles. The molecule has 2 unspecified atom stereocenters. The number of benzene rings is 2. The van der Waals surface area contributed by atoms with E-state index in [4.69, 9.17) is 4.74 Å². The van der Waals surface area contributed by atoms with Crippen LogP contribution in [0.2, 0.25) is 0 Å². The first-order valence-electron chi connectivity index (χ1n) is 7.03. The fourth-order valence-electron chi connectivity index (χ4n) is 3.26. The Hall–Kier alpha value is -2.31. The number of hydrogen-bond donors (Lipinski definition) is 1. The third-order valence-corrected chi connectivity index (χ3v) is 4.39. The predicted octanol–water partition coefficient (Wildman–Crippen LogP) is 3.14. The van der Waals surface area contributed by atoms with Crippen LogP contribution in [0.1, 0.15) is 29.2 Å². The zero-order valence-electron chi connectivity index (χ0n) is 11.9. The van der Waals surface area contributed by atoms with Gasteiger partial charge in [0.1, 0.15) is 17.3 Å². The van der Waals surface area contributed by atoms with E-state index in [2.05, 4.69) is 6.07 Å². The molecule has 2 atom stereocenters. The molecule has 1 N–H and O–H groups in total. The molecule has 0 radical (unpaired) electrons. The summed E-state index contributed by atoms with van der Waals surface area (Å²) in [6.45, 7) is 0. The molecule has 0 amide bonds. The Bertz CT molecular complexity index is 704. The summed E-state index contributed by atoms with van der Waals surface area (Å²) in [5.74, 6) is 0.615. The molecule has 1 aliphatic rings. The first-order valence-corrected chi connectivity index (χ1v) is 7.03. The molecule has 3 heteroatoms. The number of rotatable bonds is 3. The van der Waals surface area contributed by atoms with Gasteiger partial charge in [0.05, 0.1) is 13.2 Å². The van der Waals surface area contributed by atoms with Crippen molar-refractivity contribution in [2.24, 2.45) is 0 Å². The number of aliphatic hydroxyl groups excluding tert-OH is 1. The summed E-state index contributed by atoms with van der Waals surface area (Å²) in [5.41, 5.74) is 1.85. The number of aryl methyl sites for hydroxylation is 1. The van der Waals surface area contributed by atoms with E-state index in [-0.39, 0.29) is 0 Å². The molecular formula is C18H17NO2. The number of para-hydroxylation sites is 1. The van der Waals surface area contributed by atoms with Gasteiger partial charge in [-0.15, -0.1) is 0 Å². The van der Waals surface area contributed by atoms with E-state index in [1.54, 1.807) is 7.11 Å². The maximum atomic E-state index is 10.9. The zero-order chi connectivity index (χ0) is 14.9. The number of methoxy groups -OCH3 is 1. The van der Waals surface area contributed by atoms with Crippen molar-refractivity contribution in [1.82, 2.24) is 0 Å². The molecule has 3 rings (SSSR count). The molecule has 0 saturated heterocycles. The van der Waals surface area contributed by atoms with Gasteiger partial charge in [-0.2, -0.15) is 5.26 Å². The molecule has 0 fully saturated rings. The molecular weight excluding hydrogens is 262 g/mol. The summed E-state index contributed by atoms with van der Waals surface area (Å²) in [5, 5.41) is 20.7. The van der Waals surface area contributed by atoms with Crippen molar-refractivity contribution in [3.8, 4) is 11.8 Å². The third kappa shape index (κ3) is 2.00. The lowest BCUT2D eigenvalue weighted by atomic mass is 9.75. The number of hydrogen-bond acceptors (Lipinski definition) is 3. The highest BCUT2D eigenvalue weighted by molar-refractivity contribution is 5.49. The van der Waals surface area contributed by atoms with Crippen LogP contribution in [-0.2, 0) is 11.8 Å². The van der Waals surface area contributed by atoms with Gasteiger partial charge in [-0.25, -0.2) is 0 Å². The highest BCUT2D eigenvalue weighted by Crippen LogP contribution is 2.48. The normalized spacial score (nSPS) is 21.4. The topological polar surface area (TPSA) is 53.2 Å². The van der Waals surface area contributed by atoms with Crippen molar-refractivity contribution in [3.63, 3.8) is 0 Å². The Labute approximate surface area is 124 Å². The van der Waals surface area contributed by atoms with Crippen molar-refractivity contribution >= 4 is 0 Å². The third-order valence-electron chi connectivity index (χ3n) is 4.39. The summed E-state index contributed by atoms with van der Waals surface area (Å²) in [7, 11) is 1.58. The van der Waals surface area contributed by atoms with Gasteiger partial charge in [0, 0.05) is 5.56 Å². The van der Waals surface area contributed by atoms with Crippen LogP contribution in [0.4, 0.5) is 0 Å². The minimum Gasteiger partial charge on any atom is -0.496 e. The second-order valence-corrected chi connectivity index (χ2v) is 5.38. The van der Waals surface area contributed by atoms with Gasteiger partial charge >= 0.3 is 0 Å². The second kappa shape index (κ2) is 5.23. The minimum atomic E-state index is -0.901. The van der Waals surface area contributed by atoms with Gasteiger partial charge in [-0.1, -0.05) is 42.5 Å². The van der Waals surface area contributed by atoms with Crippen molar-refractivity contribution in [2.75, 3.05) is 7.11 Å².